The number of rotatable bonds is 4. The van der Waals surface area contributed by atoms with Gasteiger partial charge in [0.05, 0.1) is 12.1 Å². The van der Waals surface area contributed by atoms with Crippen LogP contribution in [0.25, 0.3) is 10.9 Å². The molecule has 1 aliphatic rings. The maximum Gasteiger partial charge on any atom is 0.354 e. The number of aliphatic hydroxyl groups is 1. The summed E-state index contributed by atoms with van der Waals surface area (Å²) in [5.41, 5.74) is 0.326. The molecule has 21 heavy (non-hydrogen) atoms. The summed E-state index contributed by atoms with van der Waals surface area (Å²) in [6.45, 7) is 1.13. The second kappa shape index (κ2) is 5.31. The highest BCUT2D eigenvalue weighted by atomic mass is 16.5. The van der Waals surface area contributed by atoms with Crippen LogP contribution in [0.5, 0.6) is 0 Å². The van der Waals surface area contributed by atoms with E-state index in [1.54, 1.807) is 6.07 Å². The first-order valence-corrected chi connectivity index (χ1v) is 6.74. The summed E-state index contributed by atoms with van der Waals surface area (Å²) in [5.74, 6) is -1.08. The van der Waals surface area contributed by atoms with Crippen LogP contribution in [-0.2, 0) is 4.74 Å². The number of fused-ring (bicyclic) bond motifs is 1. The molecule has 1 saturated heterocycles. The Hall–Kier alpha value is -2.18. The van der Waals surface area contributed by atoms with E-state index in [0.717, 1.165) is 5.39 Å². The summed E-state index contributed by atoms with van der Waals surface area (Å²) < 4.78 is 5.20. The van der Waals surface area contributed by atoms with E-state index < -0.39 is 11.6 Å². The summed E-state index contributed by atoms with van der Waals surface area (Å²) in [6.07, 6.45) is 0.564. The van der Waals surface area contributed by atoms with Gasteiger partial charge >= 0.3 is 5.97 Å². The molecule has 1 aliphatic heterocycles. The molecule has 0 amide bonds. The van der Waals surface area contributed by atoms with Gasteiger partial charge in [-0.05, 0) is 12.1 Å². The van der Waals surface area contributed by atoms with E-state index in [1.807, 2.05) is 18.2 Å². The van der Waals surface area contributed by atoms with E-state index in [-0.39, 0.29) is 12.3 Å². The van der Waals surface area contributed by atoms with Gasteiger partial charge in [-0.3, -0.25) is 0 Å². The van der Waals surface area contributed by atoms with Gasteiger partial charge in [0.1, 0.15) is 5.60 Å². The highest BCUT2D eigenvalue weighted by Crippen LogP contribution is 2.25. The first-order valence-electron chi connectivity index (χ1n) is 6.74. The quantitative estimate of drug-likeness (QED) is 0.789. The predicted octanol–water partition coefficient (Wildman–Crippen LogP) is 1.50. The number of hydrogen-bond donors (Lipinski definition) is 3. The molecule has 110 valence electrons. The first kappa shape index (κ1) is 13.8. The van der Waals surface area contributed by atoms with Crippen molar-refractivity contribution >= 4 is 22.6 Å². The van der Waals surface area contributed by atoms with Gasteiger partial charge < -0.3 is 20.3 Å². The second-order valence-corrected chi connectivity index (χ2v) is 5.26. The number of nitrogens with zero attached hydrogens (tertiary/aromatic N) is 1. The van der Waals surface area contributed by atoms with Gasteiger partial charge in [0.25, 0.3) is 0 Å². The third-order valence-electron chi connectivity index (χ3n) is 3.63. The Kier molecular flexibility index (Phi) is 3.48. The van der Waals surface area contributed by atoms with Crippen molar-refractivity contribution in [3.63, 3.8) is 0 Å². The Balaban J connectivity index is 1.94. The number of nitrogens with one attached hydrogen (secondary N) is 1. The molecule has 2 aromatic rings. The lowest BCUT2D eigenvalue weighted by Crippen LogP contribution is -2.37. The molecule has 0 saturated carbocycles. The molecule has 6 heteroatoms. The minimum absolute atomic E-state index is 0.0224. The van der Waals surface area contributed by atoms with Gasteiger partial charge in [0.2, 0.25) is 0 Å². The number of benzene rings is 1. The van der Waals surface area contributed by atoms with E-state index in [2.05, 4.69) is 10.3 Å². The van der Waals surface area contributed by atoms with Crippen molar-refractivity contribution < 1.29 is 19.7 Å². The van der Waals surface area contributed by atoms with Crippen LogP contribution < -0.4 is 5.32 Å². The molecule has 0 aliphatic carbocycles. The molecule has 1 aromatic heterocycles. The first-order chi connectivity index (χ1) is 10.1. The number of ether oxygens (including phenoxy) is 1. The van der Waals surface area contributed by atoms with Crippen LogP contribution >= 0.6 is 0 Å². The zero-order valence-electron chi connectivity index (χ0n) is 11.4. The number of pyridine rings is 1. The van der Waals surface area contributed by atoms with Crippen molar-refractivity contribution in [2.45, 2.75) is 12.0 Å². The highest BCUT2D eigenvalue weighted by molar-refractivity contribution is 5.97. The maximum atomic E-state index is 11.2. The Morgan fingerprint density at radius 1 is 1.43 bits per heavy atom. The third kappa shape index (κ3) is 2.81. The molecule has 3 rings (SSSR count). The summed E-state index contributed by atoms with van der Waals surface area (Å²) in [6, 6.07) is 8.79. The highest BCUT2D eigenvalue weighted by Gasteiger charge is 2.32. The van der Waals surface area contributed by atoms with E-state index in [4.69, 9.17) is 9.84 Å². The molecule has 3 N–H and O–H groups in total. The summed E-state index contributed by atoms with van der Waals surface area (Å²) >= 11 is 0. The van der Waals surface area contributed by atoms with Gasteiger partial charge in [-0.1, -0.05) is 18.2 Å². The van der Waals surface area contributed by atoms with Crippen LogP contribution in [-0.4, -0.2) is 46.5 Å². The summed E-state index contributed by atoms with van der Waals surface area (Å²) in [7, 11) is 0. The number of aromatic nitrogens is 1. The van der Waals surface area contributed by atoms with Crippen LogP contribution in [0.3, 0.4) is 0 Å². The van der Waals surface area contributed by atoms with Gasteiger partial charge in [-0.15, -0.1) is 0 Å². The monoisotopic (exact) mass is 288 g/mol. The fraction of sp³-hybridized carbons (Fsp3) is 0.333. The van der Waals surface area contributed by atoms with Crippen molar-refractivity contribution in [3.05, 3.63) is 36.0 Å². The van der Waals surface area contributed by atoms with Crippen LogP contribution in [0.2, 0.25) is 0 Å². The lowest BCUT2D eigenvalue weighted by Gasteiger charge is -2.22. The van der Waals surface area contributed by atoms with Crippen LogP contribution in [0.1, 0.15) is 16.9 Å². The van der Waals surface area contributed by atoms with Gasteiger partial charge in [0, 0.05) is 30.6 Å². The Bertz CT molecular complexity index is 680. The number of carbonyl (C=O) groups is 1. The lowest BCUT2D eigenvalue weighted by molar-refractivity contribution is 0.0382. The van der Waals surface area contributed by atoms with E-state index >= 15 is 0 Å². The number of carboxylic acid groups (broad SMARTS) is 1. The fourth-order valence-corrected chi connectivity index (χ4v) is 2.43. The topological polar surface area (TPSA) is 91.7 Å². The summed E-state index contributed by atoms with van der Waals surface area (Å²) in [4.78, 5) is 15.3. The van der Waals surface area contributed by atoms with Crippen molar-refractivity contribution in [2.75, 3.05) is 25.1 Å². The molecule has 0 radical (unpaired) electrons. The Morgan fingerprint density at radius 2 is 2.24 bits per heavy atom. The fourth-order valence-electron chi connectivity index (χ4n) is 2.43. The lowest BCUT2D eigenvalue weighted by atomic mass is 10.0. The second-order valence-electron chi connectivity index (χ2n) is 5.26. The van der Waals surface area contributed by atoms with E-state index in [9.17, 15) is 9.90 Å². The zero-order valence-corrected chi connectivity index (χ0v) is 11.4. The molecule has 1 atom stereocenters. The van der Waals surface area contributed by atoms with Crippen molar-refractivity contribution in [1.82, 2.24) is 4.98 Å². The van der Waals surface area contributed by atoms with Crippen LogP contribution in [0.15, 0.2) is 30.3 Å². The largest absolute Gasteiger partial charge is 0.477 e. The minimum Gasteiger partial charge on any atom is -0.477 e. The van der Waals surface area contributed by atoms with E-state index in [1.165, 1.54) is 6.07 Å². The molecule has 1 aromatic carbocycles. The van der Waals surface area contributed by atoms with Gasteiger partial charge in [-0.25, -0.2) is 9.78 Å². The number of carboxylic acids is 1. The predicted molar refractivity (Wildman–Crippen MR) is 77.6 cm³/mol. The zero-order chi connectivity index (χ0) is 14.9. The van der Waals surface area contributed by atoms with Crippen molar-refractivity contribution in [1.29, 1.82) is 0 Å². The molecule has 1 unspecified atom stereocenters. The normalized spacial score (nSPS) is 21.6. The van der Waals surface area contributed by atoms with Gasteiger partial charge in [0.15, 0.2) is 5.69 Å². The molecule has 0 spiro atoms. The van der Waals surface area contributed by atoms with Crippen molar-refractivity contribution in [3.8, 4) is 0 Å². The summed E-state index contributed by atoms with van der Waals surface area (Å²) in [5, 5.41) is 23.4. The van der Waals surface area contributed by atoms with Crippen molar-refractivity contribution in [2.24, 2.45) is 0 Å². The molecular weight excluding hydrogens is 272 g/mol. The number of hydrogen-bond acceptors (Lipinski definition) is 5. The smallest absolute Gasteiger partial charge is 0.354 e. The number of aromatic carboxylic acids is 1. The van der Waals surface area contributed by atoms with E-state index in [0.29, 0.717) is 30.8 Å². The molecule has 6 nitrogen and oxygen atoms in total. The average molecular weight is 288 g/mol. The Morgan fingerprint density at radius 3 is 2.95 bits per heavy atom. The average Bonchev–Trinajstić information content (AvgIpc) is 2.91. The van der Waals surface area contributed by atoms with Crippen LogP contribution in [0.4, 0.5) is 5.69 Å². The minimum atomic E-state index is -1.08. The maximum absolute atomic E-state index is 11.2. The van der Waals surface area contributed by atoms with Gasteiger partial charge in [-0.2, -0.15) is 0 Å². The number of para-hydroxylation sites is 1. The molecular formula is C15H16N2O4. The SMILES string of the molecule is O=C(O)c1cc(NCC2(O)CCOC2)c2ccccc2n1. The third-order valence-corrected chi connectivity index (χ3v) is 3.63. The number of anilines is 1. The molecule has 2 heterocycles. The molecule has 0 bridgehead atoms. The standard InChI is InChI=1S/C15H16N2O4/c18-14(19)13-7-12(10-3-1-2-4-11(10)17-13)16-8-15(20)5-6-21-9-15/h1-4,7,20H,5-6,8-9H2,(H,16,17)(H,18,19). The Labute approximate surface area is 121 Å². The van der Waals surface area contributed by atoms with Crippen LogP contribution in [0, 0.1) is 0 Å². The molecule has 1 fully saturated rings.